The van der Waals surface area contributed by atoms with Crippen LogP contribution in [0, 0.1) is 11.8 Å². The molecule has 0 saturated carbocycles. The van der Waals surface area contributed by atoms with E-state index in [0.717, 1.165) is 0 Å². The molecule has 0 radical (unpaired) electrons. The molecule has 0 aliphatic carbocycles. The van der Waals surface area contributed by atoms with Crippen molar-refractivity contribution in [3.05, 3.63) is 24.3 Å². The Morgan fingerprint density at radius 3 is 2.31 bits per heavy atom. The van der Waals surface area contributed by atoms with E-state index >= 15 is 0 Å². The molecule has 0 heterocycles. The Kier molecular flexibility index (Phi) is 6.72. The molecule has 6 heteroatoms. The predicted molar refractivity (Wildman–Crippen MR) is 53.4 cm³/mol. The van der Waals surface area contributed by atoms with E-state index in [1.807, 2.05) is 0 Å². The van der Waals surface area contributed by atoms with Gasteiger partial charge in [-0.05, 0) is 31.2 Å². The van der Waals surface area contributed by atoms with E-state index in [2.05, 4.69) is 11.8 Å². The summed E-state index contributed by atoms with van der Waals surface area (Å²) < 4.78 is 36.9. The zero-order valence-electron chi connectivity index (χ0n) is 9.06. The van der Waals surface area contributed by atoms with E-state index in [4.69, 9.17) is 4.74 Å². The van der Waals surface area contributed by atoms with Crippen LogP contribution in [0.4, 0.5) is 0 Å². The van der Waals surface area contributed by atoms with Gasteiger partial charge in [-0.1, -0.05) is 5.92 Å². The Balaban J connectivity index is 0.00000225. The van der Waals surface area contributed by atoms with Crippen LogP contribution in [0.5, 0.6) is 5.75 Å². The molecule has 0 bridgehead atoms. The number of rotatable bonds is 3. The van der Waals surface area contributed by atoms with E-state index < -0.39 is 10.1 Å². The summed E-state index contributed by atoms with van der Waals surface area (Å²) in [5.41, 5.74) is 0. The molecule has 0 atom stereocenters. The maximum Gasteiger partial charge on any atom is 1.00 e. The standard InChI is InChI=1S/C10H10O4S.Na/c1-2-3-8-14-9-4-6-10(7-5-9)15(11,12)13;/h4-7H,8H2,1H3,(H,11,12,13);/q;+1/p-1. The van der Waals surface area contributed by atoms with Gasteiger partial charge in [0.25, 0.3) is 0 Å². The monoisotopic (exact) mass is 248 g/mol. The third-order valence-corrected chi connectivity index (χ3v) is 2.45. The SMILES string of the molecule is CC#CCOc1ccc(S(=O)(=O)[O-])cc1.[Na+]. The Morgan fingerprint density at radius 1 is 1.31 bits per heavy atom. The maximum atomic E-state index is 10.6. The Labute approximate surface area is 117 Å². The molecule has 1 aromatic carbocycles. The van der Waals surface area contributed by atoms with Gasteiger partial charge in [0.15, 0.2) is 0 Å². The minimum atomic E-state index is -4.38. The molecule has 0 spiro atoms. The van der Waals surface area contributed by atoms with Crippen LogP contribution in [-0.4, -0.2) is 19.6 Å². The predicted octanol–water partition coefficient (Wildman–Crippen LogP) is -2.00. The first kappa shape index (κ1) is 15.5. The van der Waals surface area contributed by atoms with Crippen molar-refractivity contribution in [2.75, 3.05) is 6.61 Å². The summed E-state index contributed by atoms with van der Waals surface area (Å²) in [5.74, 6) is 5.82. The summed E-state index contributed by atoms with van der Waals surface area (Å²) in [4.78, 5) is -0.267. The topological polar surface area (TPSA) is 66.4 Å². The third-order valence-electron chi connectivity index (χ3n) is 1.60. The Morgan fingerprint density at radius 2 is 1.88 bits per heavy atom. The first-order valence-electron chi connectivity index (χ1n) is 4.12. The Hall–Kier alpha value is -0.510. The normalized spacial score (nSPS) is 9.62. The molecular weight excluding hydrogens is 239 g/mol. The van der Waals surface area contributed by atoms with Crippen molar-refractivity contribution in [1.29, 1.82) is 0 Å². The first-order chi connectivity index (χ1) is 7.04. The molecule has 0 unspecified atom stereocenters. The number of hydrogen-bond acceptors (Lipinski definition) is 4. The van der Waals surface area contributed by atoms with Gasteiger partial charge in [-0.25, -0.2) is 8.42 Å². The third kappa shape index (κ3) is 5.01. The summed E-state index contributed by atoms with van der Waals surface area (Å²) in [6.45, 7) is 1.93. The largest absolute Gasteiger partial charge is 1.00 e. The molecule has 0 amide bonds. The van der Waals surface area contributed by atoms with Gasteiger partial charge in [0.05, 0.1) is 4.90 Å². The first-order valence-corrected chi connectivity index (χ1v) is 5.53. The molecule has 1 rings (SSSR count). The van der Waals surface area contributed by atoms with Crippen molar-refractivity contribution in [2.24, 2.45) is 0 Å². The van der Waals surface area contributed by atoms with E-state index in [-0.39, 0.29) is 41.1 Å². The van der Waals surface area contributed by atoms with Crippen LogP contribution >= 0.6 is 0 Å². The number of hydrogen-bond donors (Lipinski definition) is 0. The molecule has 4 nitrogen and oxygen atoms in total. The summed E-state index contributed by atoms with van der Waals surface area (Å²) in [6, 6.07) is 5.25. The Bertz CT molecular complexity index is 482. The molecular formula is C10H9NaO4S. The van der Waals surface area contributed by atoms with Crippen molar-refractivity contribution in [1.82, 2.24) is 0 Å². The van der Waals surface area contributed by atoms with Crippen molar-refractivity contribution in [2.45, 2.75) is 11.8 Å². The van der Waals surface area contributed by atoms with E-state index in [1.165, 1.54) is 24.3 Å². The fourth-order valence-electron chi connectivity index (χ4n) is 0.894. The van der Waals surface area contributed by atoms with E-state index in [9.17, 15) is 13.0 Å². The average molecular weight is 248 g/mol. The number of benzene rings is 1. The second kappa shape index (κ2) is 6.94. The molecule has 80 valence electrons. The molecule has 0 aromatic heterocycles. The summed E-state index contributed by atoms with van der Waals surface area (Å²) in [7, 11) is -4.38. The summed E-state index contributed by atoms with van der Waals surface area (Å²) >= 11 is 0. The molecule has 1 aromatic rings. The van der Waals surface area contributed by atoms with Gasteiger partial charge in [0, 0.05) is 0 Å². The molecule has 0 saturated heterocycles. The van der Waals surface area contributed by atoms with Crippen molar-refractivity contribution in [3.8, 4) is 17.6 Å². The molecule has 0 aliphatic rings. The minimum absolute atomic E-state index is 0. The summed E-state index contributed by atoms with van der Waals surface area (Å²) in [6.07, 6.45) is 0. The quantitative estimate of drug-likeness (QED) is 0.352. The van der Waals surface area contributed by atoms with Crippen LogP contribution in [0.1, 0.15) is 6.92 Å². The van der Waals surface area contributed by atoms with Crippen LogP contribution in [0.2, 0.25) is 0 Å². The van der Waals surface area contributed by atoms with Gasteiger partial charge >= 0.3 is 29.6 Å². The second-order valence-corrected chi connectivity index (χ2v) is 4.02. The zero-order chi connectivity index (χ0) is 11.3. The van der Waals surface area contributed by atoms with Crippen LogP contribution in [0.25, 0.3) is 0 Å². The molecule has 0 fully saturated rings. The van der Waals surface area contributed by atoms with Gasteiger partial charge in [-0.3, -0.25) is 0 Å². The van der Waals surface area contributed by atoms with E-state index in [1.54, 1.807) is 6.92 Å². The molecule has 0 aliphatic heterocycles. The fourth-order valence-corrected chi connectivity index (χ4v) is 1.36. The maximum absolute atomic E-state index is 10.6. The molecule has 16 heavy (non-hydrogen) atoms. The van der Waals surface area contributed by atoms with Gasteiger partial charge < -0.3 is 9.29 Å². The average Bonchev–Trinajstić information content (AvgIpc) is 2.18. The van der Waals surface area contributed by atoms with Crippen LogP contribution in [-0.2, 0) is 10.1 Å². The van der Waals surface area contributed by atoms with Crippen molar-refractivity contribution >= 4 is 10.1 Å². The summed E-state index contributed by atoms with van der Waals surface area (Å²) in [5, 5.41) is 0. The van der Waals surface area contributed by atoms with Crippen LogP contribution < -0.4 is 34.3 Å². The fraction of sp³-hybridized carbons (Fsp3) is 0.200. The van der Waals surface area contributed by atoms with Gasteiger partial charge in [-0.15, -0.1) is 5.92 Å². The smallest absolute Gasteiger partial charge is 0.744 e. The van der Waals surface area contributed by atoms with Gasteiger partial charge in [-0.2, -0.15) is 0 Å². The van der Waals surface area contributed by atoms with Gasteiger partial charge in [0.1, 0.15) is 22.5 Å². The van der Waals surface area contributed by atoms with Crippen molar-refractivity contribution in [3.63, 3.8) is 0 Å². The van der Waals surface area contributed by atoms with Crippen molar-refractivity contribution < 1.29 is 47.3 Å². The second-order valence-electron chi connectivity index (χ2n) is 2.64. The van der Waals surface area contributed by atoms with Gasteiger partial charge in [0.2, 0.25) is 0 Å². The molecule has 0 N–H and O–H groups in total. The minimum Gasteiger partial charge on any atom is -0.744 e. The van der Waals surface area contributed by atoms with Crippen LogP contribution in [0.15, 0.2) is 29.2 Å². The van der Waals surface area contributed by atoms with E-state index in [0.29, 0.717) is 5.75 Å². The number of ether oxygens (including phenoxy) is 1. The van der Waals surface area contributed by atoms with Crippen LogP contribution in [0.3, 0.4) is 0 Å². The zero-order valence-corrected chi connectivity index (χ0v) is 11.9.